The predicted molar refractivity (Wildman–Crippen MR) is 60.2 cm³/mol. The second-order valence-electron chi connectivity index (χ2n) is 3.20. The lowest BCUT2D eigenvalue weighted by molar-refractivity contribution is 0.0525. The zero-order valence-corrected chi connectivity index (χ0v) is 9.48. The van der Waals surface area contributed by atoms with E-state index in [1.165, 1.54) is 18.2 Å². The number of phenols is 1. The minimum absolute atomic E-state index is 0.166. The maximum atomic E-state index is 11.4. The summed E-state index contributed by atoms with van der Waals surface area (Å²) >= 11 is 0. The maximum absolute atomic E-state index is 11.4. The average molecular weight is 256 g/mol. The standard InChI is InChI=1S/C9H9BO6S/c10-6-1-2-8(11)7(5-6)9(12)16-3-4-17(13,14)15/h1-2,5,11H,3-4H2,(H,13,14,15). The zero-order valence-electron chi connectivity index (χ0n) is 8.66. The zero-order chi connectivity index (χ0) is 13.1. The lowest BCUT2D eigenvalue weighted by Gasteiger charge is -2.06. The van der Waals surface area contributed by atoms with Gasteiger partial charge in [-0.25, -0.2) is 4.79 Å². The van der Waals surface area contributed by atoms with Gasteiger partial charge in [0.1, 0.15) is 31.5 Å². The molecule has 0 saturated carbocycles. The summed E-state index contributed by atoms with van der Waals surface area (Å²) in [4.78, 5) is 11.4. The van der Waals surface area contributed by atoms with Crippen molar-refractivity contribution >= 4 is 29.4 Å². The van der Waals surface area contributed by atoms with Crippen LogP contribution in [0.25, 0.3) is 0 Å². The topological polar surface area (TPSA) is 101 Å². The molecule has 1 aromatic carbocycles. The molecule has 0 spiro atoms. The number of carbonyl (C=O) groups excluding carboxylic acids is 1. The van der Waals surface area contributed by atoms with Crippen molar-refractivity contribution in [3.8, 4) is 5.75 Å². The third-order valence-electron chi connectivity index (χ3n) is 1.81. The van der Waals surface area contributed by atoms with Crippen LogP contribution in [0.1, 0.15) is 10.4 Å². The Bertz CT molecular complexity index is 524. The first-order valence-electron chi connectivity index (χ1n) is 4.50. The van der Waals surface area contributed by atoms with Gasteiger partial charge in [-0.05, 0) is 6.07 Å². The number of ether oxygens (including phenoxy) is 1. The van der Waals surface area contributed by atoms with Crippen molar-refractivity contribution in [2.45, 2.75) is 0 Å². The van der Waals surface area contributed by atoms with Gasteiger partial charge in [0, 0.05) is 0 Å². The fourth-order valence-electron chi connectivity index (χ4n) is 1.03. The summed E-state index contributed by atoms with van der Waals surface area (Å²) in [5.74, 6) is -1.95. The molecular weight excluding hydrogens is 247 g/mol. The van der Waals surface area contributed by atoms with Gasteiger partial charge in [-0.2, -0.15) is 8.42 Å². The molecule has 0 aliphatic heterocycles. The smallest absolute Gasteiger partial charge is 0.341 e. The van der Waals surface area contributed by atoms with Gasteiger partial charge in [-0.3, -0.25) is 4.55 Å². The molecule has 0 fully saturated rings. The van der Waals surface area contributed by atoms with Crippen molar-refractivity contribution < 1.29 is 27.6 Å². The molecule has 2 radical (unpaired) electrons. The number of benzene rings is 1. The van der Waals surface area contributed by atoms with Crippen molar-refractivity contribution in [3.05, 3.63) is 23.8 Å². The Morgan fingerprint density at radius 1 is 1.41 bits per heavy atom. The Hall–Kier alpha value is -1.54. The van der Waals surface area contributed by atoms with Gasteiger partial charge < -0.3 is 9.84 Å². The maximum Gasteiger partial charge on any atom is 0.341 e. The Kier molecular flexibility index (Phi) is 4.14. The van der Waals surface area contributed by atoms with Gasteiger partial charge in [0.15, 0.2) is 0 Å². The lowest BCUT2D eigenvalue weighted by Crippen LogP contribution is -2.16. The largest absolute Gasteiger partial charge is 0.507 e. The highest BCUT2D eigenvalue weighted by Gasteiger charge is 2.14. The molecule has 0 amide bonds. The number of aromatic hydroxyl groups is 1. The van der Waals surface area contributed by atoms with Crippen LogP contribution in [-0.2, 0) is 14.9 Å². The van der Waals surface area contributed by atoms with Crippen LogP contribution in [0.5, 0.6) is 5.75 Å². The molecule has 2 N–H and O–H groups in total. The highest BCUT2D eigenvalue weighted by atomic mass is 32.2. The molecule has 6 nitrogen and oxygen atoms in total. The van der Waals surface area contributed by atoms with E-state index in [0.29, 0.717) is 0 Å². The fraction of sp³-hybridized carbons (Fsp3) is 0.222. The van der Waals surface area contributed by atoms with Crippen LogP contribution in [0.3, 0.4) is 0 Å². The van der Waals surface area contributed by atoms with Crippen LogP contribution in [0.2, 0.25) is 0 Å². The van der Waals surface area contributed by atoms with E-state index in [1.54, 1.807) is 0 Å². The average Bonchev–Trinajstić information content (AvgIpc) is 2.19. The van der Waals surface area contributed by atoms with E-state index >= 15 is 0 Å². The van der Waals surface area contributed by atoms with Gasteiger partial charge in [-0.15, -0.1) is 0 Å². The summed E-state index contributed by atoms with van der Waals surface area (Å²) in [5, 5.41) is 9.34. The van der Waals surface area contributed by atoms with Crippen molar-refractivity contribution in [1.29, 1.82) is 0 Å². The number of carbonyl (C=O) groups is 1. The molecule has 0 bridgehead atoms. The third kappa shape index (κ3) is 4.45. The Morgan fingerprint density at radius 2 is 2.06 bits per heavy atom. The molecule has 0 aromatic heterocycles. The van der Waals surface area contributed by atoms with E-state index < -0.39 is 28.4 Å². The van der Waals surface area contributed by atoms with Gasteiger partial charge in [-0.1, -0.05) is 17.6 Å². The van der Waals surface area contributed by atoms with Crippen LogP contribution in [0.4, 0.5) is 0 Å². The summed E-state index contributed by atoms with van der Waals surface area (Å²) in [5.41, 5.74) is 0.0878. The highest BCUT2D eigenvalue weighted by molar-refractivity contribution is 7.85. The minimum Gasteiger partial charge on any atom is -0.507 e. The summed E-state index contributed by atoms with van der Waals surface area (Å²) < 4.78 is 33.7. The molecule has 0 heterocycles. The van der Waals surface area contributed by atoms with Crippen LogP contribution in [0.15, 0.2) is 18.2 Å². The molecule has 0 atom stereocenters. The Labute approximate surface area is 99.4 Å². The summed E-state index contributed by atoms with van der Waals surface area (Å²) in [6, 6.07) is 3.81. The normalized spacial score (nSPS) is 11.1. The van der Waals surface area contributed by atoms with Crippen molar-refractivity contribution in [2.75, 3.05) is 12.4 Å². The van der Waals surface area contributed by atoms with E-state index in [2.05, 4.69) is 4.74 Å². The second kappa shape index (κ2) is 5.20. The van der Waals surface area contributed by atoms with E-state index in [4.69, 9.17) is 12.4 Å². The number of hydrogen-bond acceptors (Lipinski definition) is 5. The first-order chi connectivity index (χ1) is 7.79. The van der Waals surface area contributed by atoms with Crippen LogP contribution in [-0.4, -0.2) is 44.3 Å². The summed E-state index contributed by atoms with van der Waals surface area (Å²) in [7, 11) is 1.22. The van der Waals surface area contributed by atoms with Gasteiger partial charge in [0.05, 0.1) is 0 Å². The molecule has 0 aliphatic carbocycles. The molecular formula is C9H9BO6S. The molecule has 0 unspecified atom stereocenters. The van der Waals surface area contributed by atoms with Crippen molar-refractivity contribution in [2.24, 2.45) is 0 Å². The molecule has 0 saturated heterocycles. The molecule has 0 aliphatic rings. The van der Waals surface area contributed by atoms with Crippen LogP contribution >= 0.6 is 0 Å². The monoisotopic (exact) mass is 256 g/mol. The van der Waals surface area contributed by atoms with E-state index in [0.717, 1.165) is 0 Å². The van der Waals surface area contributed by atoms with E-state index in [1.807, 2.05) is 0 Å². The second-order valence-corrected chi connectivity index (χ2v) is 4.77. The van der Waals surface area contributed by atoms with E-state index in [-0.39, 0.29) is 16.8 Å². The summed E-state index contributed by atoms with van der Waals surface area (Å²) in [6.07, 6.45) is 0. The molecule has 8 heteroatoms. The first kappa shape index (κ1) is 13.5. The van der Waals surface area contributed by atoms with Crippen molar-refractivity contribution in [1.82, 2.24) is 0 Å². The quantitative estimate of drug-likeness (QED) is 0.416. The highest BCUT2D eigenvalue weighted by Crippen LogP contribution is 2.15. The first-order valence-corrected chi connectivity index (χ1v) is 6.11. The van der Waals surface area contributed by atoms with Crippen LogP contribution in [0, 0.1) is 0 Å². The molecule has 90 valence electrons. The summed E-state index contributed by atoms with van der Waals surface area (Å²) in [6.45, 7) is -0.508. The third-order valence-corrected chi connectivity index (χ3v) is 2.50. The number of hydrogen-bond donors (Lipinski definition) is 2. The minimum atomic E-state index is -4.18. The predicted octanol–water partition coefficient (Wildman–Crippen LogP) is -0.769. The molecule has 1 rings (SSSR count). The van der Waals surface area contributed by atoms with Crippen molar-refractivity contribution in [3.63, 3.8) is 0 Å². The molecule has 17 heavy (non-hydrogen) atoms. The number of phenolic OH excluding ortho intramolecular Hbond substituents is 1. The number of esters is 1. The SMILES string of the molecule is [B]c1ccc(O)c(C(=O)OCCS(=O)(=O)O)c1. The van der Waals surface area contributed by atoms with Gasteiger partial charge >= 0.3 is 5.97 Å². The van der Waals surface area contributed by atoms with Gasteiger partial charge in [0.25, 0.3) is 10.1 Å². The fourth-order valence-corrected chi connectivity index (χ4v) is 1.33. The van der Waals surface area contributed by atoms with E-state index in [9.17, 15) is 18.3 Å². The van der Waals surface area contributed by atoms with Crippen LogP contribution < -0.4 is 5.46 Å². The lowest BCUT2D eigenvalue weighted by atomic mass is 9.94. The van der Waals surface area contributed by atoms with Gasteiger partial charge in [0.2, 0.25) is 0 Å². The molecule has 1 aromatic rings. The Balaban J connectivity index is 2.67. The number of rotatable bonds is 4. The Morgan fingerprint density at radius 3 is 2.65 bits per heavy atom.